The third-order valence-electron chi connectivity index (χ3n) is 5.21. The maximum Gasteiger partial charge on any atom is 0.0753 e. The second-order valence-electron chi connectivity index (χ2n) is 7.10. The molecule has 1 atom stereocenters. The van der Waals surface area contributed by atoms with Crippen molar-refractivity contribution in [2.45, 2.75) is 25.3 Å². The van der Waals surface area contributed by atoms with Gasteiger partial charge in [-0.05, 0) is 54.8 Å². The van der Waals surface area contributed by atoms with E-state index in [0.717, 1.165) is 25.1 Å². The van der Waals surface area contributed by atoms with Gasteiger partial charge in [-0.3, -0.25) is 4.90 Å². The molecule has 1 unspecified atom stereocenters. The molecule has 0 N–H and O–H groups in total. The van der Waals surface area contributed by atoms with E-state index in [0.29, 0.717) is 0 Å². The first kappa shape index (κ1) is 17.6. The fraction of sp³-hybridized carbons (Fsp3) is 0.231. The van der Waals surface area contributed by atoms with Gasteiger partial charge in [-0.25, -0.2) is 0 Å². The van der Waals surface area contributed by atoms with Crippen LogP contribution in [0.2, 0.25) is 0 Å². The molecule has 0 saturated carbocycles. The fourth-order valence-electron chi connectivity index (χ4n) is 3.75. The van der Waals surface area contributed by atoms with Gasteiger partial charge in [-0.2, -0.15) is 0 Å². The highest BCUT2D eigenvalue weighted by Crippen LogP contribution is 2.19. The van der Waals surface area contributed by atoms with Crippen LogP contribution in [0.25, 0.3) is 16.8 Å². The number of hydrogen-bond acceptors (Lipinski definition) is 1. The van der Waals surface area contributed by atoms with Crippen LogP contribution in [-0.4, -0.2) is 24.0 Å². The molecule has 3 aromatic rings. The Morgan fingerprint density at radius 2 is 1.59 bits per heavy atom. The summed E-state index contributed by atoms with van der Waals surface area (Å²) >= 11 is 0. The van der Waals surface area contributed by atoms with E-state index in [1.165, 1.54) is 29.2 Å². The van der Waals surface area contributed by atoms with Gasteiger partial charge >= 0.3 is 0 Å². The lowest BCUT2D eigenvalue weighted by atomic mass is 10.0. The van der Waals surface area contributed by atoms with E-state index in [-0.39, 0.29) is 6.04 Å². The van der Waals surface area contributed by atoms with E-state index in [9.17, 15) is 0 Å². The SMILES string of the molecule is C(#CC(CC=Cc1ccccc1)N1CCCC1)c1cccc2ccccc12. The Labute approximate surface area is 162 Å². The van der Waals surface area contributed by atoms with Crippen LogP contribution in [0, 0.1) is 11.8 Å². The first-order valence-corrected chi connectivity index (χ1v) is 9.85. The molecule has 1 nitrogen and oxygen atoms in total. The van der Waals surface area contributed by atoms with Gasteiger partial charge in [0.25, 0.3) is 0 Å². The summed E-state index contributed by atoms with van der Waals surface area (Å²) in [5.41, 5.74) is 2.38. The van der Waals surface area contributed by atoms with Gasteiger partial charge < -0.3 is 0 Å². The molecule has 0 aromatic heterocycles. The van der Waals surface area contributed by atoms with Crippen LogP contribution in [0.4, 0.5) is 0 Å². The van der Waals surface area contributed by atoms with Gasteiger partial charge in [0.15, 0.2) is 0 Å². The molecule has 134 valence electrons. The summed E-state index contributed by atoms with van der Waals surface area (Å²) in [4.78, 5) is 2.54. The summed E-state index contributed by atoms with van der Waals surface area (Å²) in [6.07, 6.45) is 8.02. The predicted octanol–water partition coefficient (Wildman–Crippen LogP) is 5.76. The summed E-state index contributed by atoms with van der Waals surface area (Å²) in [5.74, 6) is 7.07. The van der Waals surface area contributed by atoms with Gasteiger partial charge in [0.05, 0.1) is 6.04 Å². The molecule has 1 aliphatic rings. The molecule has 1 heterocycles. The molecule has 3 aromatic carbocycles. The van der Waals surface area contributed by atoms with Crippen LogP contribution in [0.3, 0.4) is 0 Å². The highest BCUT2D eigenvalue weighted by molar-refractivity contribution is 5.88. The van der Waals surface area contributed by atoms with Crippen LogP contribution in [-0.2, 0) is 0 Å². The van der Waals surface area contributed by atoms with E-state index in [4.69, 9.17) is 0 Å². The average molecular weight is 351 g/mol. The van der Waals surface area contributed by atoms with E-state index >= 15 is 0 Å². The number of fused-ring (bicyclic) bond motifs is 1. The van der Waals surface area contributed by atoms with Crippen molar-refractivity contribution < 1.29 is 0 Å². The number of benzene rings is 3. The summed E-state index contributed by atoms with van der Waals surface area (Å²) in [5, 5.41) is 2.50. The zero-order valence-corrected chi connectivity index (χ0v) is 15.6. The molecule has 0 amide bonds. The van der Waals surface area contributed by atoms with Crippen LogP contribution >= 0.6 is 0 Å². The Balaban J connectivity index is 1.56. The van der Waals surface area contributed by atoms with E-state index in [1.807, 2.05) is 0 Å². The number of hydrogen-bond donors (Lipinski definition) is 0. The Morgan fingerprint density at radius 3 is 2.44 bits per heavy atom. The topological polar surface area (TPSA) is 3.24 Å². The lowest BCUT2D eigenvalue weighted by Gasteiger charge is -2.21. The number of nitrogens with zero attached hydrogens (tertiary/aromatic N) is 1. The van der Waals surface area contributed by atoms with E-state index in [1.54, 1.807) is 0 Å². The van der Waals surface area contributed by atoms with Gasteiger partial charge in [0.1, 0.15) is 0 Å². The normalized spacial score (nSPS) is 15.7. The summed E-state index contributed by atoms with van der Waals surface area (Å²) in [6.45, 7) is 2.32. The Morgan fingerprint density at radius 1 is 0.852 bits per heavy atom. The van der Waals surface area contributed by atoms with Crippen molar-refractivity contribution in [1.82, 2.24) is 4.90 Å². The minimum absolute atomic E-state index is 0.284. The summed E-state index contributed by atoms with van der Waals surface area (Å²) < 4.78 is 0. The van der Waals surface area contributed by atoms with Gasteiger partial charge in [-0.15, -0.1) is 0 Å². The molecule has 0 radical (unpaired) electrons. The average Bonchev–Trinajstić information content (AvgIpc) is 3.26. The van der Waals surface area contributed by atoms with Crippen molar-refractivity contribution in [3.8, 4) is 11.8 Å². The molecule has 1 saturated heterocycles. The first-order chi connectivity index (χ1) is 13.4. The molecule has 1 heteroatoms. The van der Waals surface area contributed by atoms with Crippen molar-refractivity contribution in [2.24, 2.45) is 0 Å². The lowest BCUT2D eigenvalue weighted by Crippen LogP contribution is -2.31. The van der Waals surface area contributed by atoms with Crippen LogP contribution < -0.4 is 0 Å². The molecule has 1 aliphatic heterocycles. The van der Waals surface area contributed by atoms with Crippen LogP contribution in [0.15, 0.2) is 78.9 Å². The predicted molar refractivity (Wildman–Crippen MR) is 116 cm³/mol. The van der Waals surface area contributed by atoms with Crippen molar-refractivity contribution in [3.63, 3.8) is 0 Å². The Bertz CT molecular complexity index is 964. The third-order valence-corrected chi connectivity index (χ3v) is 5.21. The highest BCUT2D eigenvalue weighted by Gasteiger charge is 2.19. The maximum absolute atomic E-state index is 3.58. The fourth-order valence-corrected chi connectivity index (χ4v) is 3.75. The van der Waals surface area contributed by atoms with Crippen molar-refractivity contribution in [3.05, 3.63) is 90.0 Å². The molecular weight excluding hydrogens is 326 g/mol. The minimum Gasteiger partial charge on any atom is -0.290 e. The van der Waals surface area contributed by atoms with Crippen molar-refractivity contribution in [1.29, 1.82) is 0 Å². The van der Waals surface area contributed by atoms with Gasteiger partial charge in [0, 0.05) is 5.56 Å². The van der Waals surface area contributed by atoms with Crippen LogP contribution in [0.1, 0.15) is 30.4 Å². The number of likely N-dealkylation sites (tertiary alicyclic amines) is 1. The molecule has 0 aliphatic carbocycles. The lowest BCUT2D eigenvalue weighted by molar-refractivity contribution is 0.293. The zero-order valence-electron chi connectivity index (χ0n) is 15.6. The molecule has 27 heavy (non-hydrogen) atoms. The quantitative estimate of drug-likeness (QED) is 0.540. The number of rotatable bonds is 4. The smallest absolute Gasteiger partial charge is 0.0753 e. The summed E-state index contributed by atoms with van der Waals surface area (Å²) in [6, 6.07) is 25.7. The van der Waals surface area contributed by atoms with E-state index < -0.39 is 0 Å². The molecule has 0 bridgehead atoms. The standard InChI is InChI=1S/C26H25N/c1-2-10-22(11-3-1)12-8-16-25(27-20-6-7-21-27)19-18-24-15-9-14-23-13-4-5-17-26(23)24/h1-5,8-15,17,25H,6-7,16,20-21H2. The second-order valence-corrected chi connectivity index (χ2v) is 7.10. The molecule has 1 fully saturated rings. The van der Waals surface area contributed by atoms with Crippen molar-refractivity contribution in [2.75, 3.05) is 13.1 Å². The minimum atomic E-state index is 0.284. The van der Waals surface area contributed by atoms with Gasteiger partial charge in [0.2, 0.25) is 0 Å². The van der Waals surface area contributed by atoms with Crippen molar-refractivity contribution >= 4 is 16.8 Å². The Kier molecular flexibility index (Phi) is 5.67. The maximum atomic E-state index is 3.58. The summed E-state index contributed by atoms with van der Waals surface area (Å²) in [7, 11) is 0. The van der Waals surface area contributed by atoms with E-state index in [2.05, 4.69) is 102 Å². The van der Waals surface area contributed by atoms with Gasteiger partial charge in [-0.1, -0.05) is 90.7 Å². The molecule has 0 spiro atoms. The highest BCUT2D eigenvalue weighted by atomic mass is 15.2. The Hall–Kier alpha value is -2.82. The zero-order chi connectivity index (χ0) is 18.3. The van der Waals surface area contributed by atoms with Crippen LogP contribution in [0.5, 0.6) is 0 Å². The first-order valence-electron chi connectivity index (χ1n) is 9.85. The molecular formula is C26H25N. The monoisotopic (exact) mass is 351 g/mol. The third kappa shape index (κ3) is 4.48. The second kappa shape index (κ2) is 8.71. The molecule has 4 rings (SSSR count). The largest absolute Gasteiger partial charge is 0.290 e.